The number of aryl methyl sites for hydroxylation is 1. The Balaban J connectivity index is 1.64. The monoisotopic (exact) mass is 437 g/mol. The number of nitrogens with two attached hydrogens (primary N) is 1. The first-order chi connectivity index (χ1) is 14.3. The maximum absolute atomic E-state index is 11.5. The lowest BCUT2D eigenvalue weighted by atomic mass is 9.54. The SMILES string of the molecule is CCCO[C@H]1CCC2C3CCc4cc(OS(N)(=O)=O)c(OC)cc4C3CC[C@@]21CC. The first-order valence-electron chi connectivity index (χ1n) is 11.4. The van der Waals surface area contributed by atoms with Gasteiger partial charge in [-0.25, -0.2) is 0 Å². The van der Waals surface area contributed by atoms with Crippen molar-refractivity contribution < 1.29 is 22.1 Å². The second-order valence-electron chi connectivity index (χ2n) is 9.26. The van der Waals surface area contributed by atoms with Gasteiger partial charge in [0.15, 0.2) is 11.5 Å². The van der Waals surface area contributed by atoms with Gasteiger partial charge >= 0.3 is 10.3 Å². The Kier molecular flexibility index (Phi) is 6.08. The maximum Gasteiger partial charge on any atom is 0.380 e. The Labute approximate surface area is 180 Å². The van der Waals surface area contributed by atoms with Gasteiger partial charge in [0.1, 0.15) is 0 Å². The van der Waals surface area contributed by atoms with E-state index in [-0.39, 0.29) is 5.75 Å². The Hall–Kier alpha value is -1.31. The summed E-state index contributed by atoms with van der Waals surface area (Å²) in [5.41, 5.74) is 2.78. The molecule has 2 N–H and O–H groups in total. The molecule has 4 rings (SSSR count). The predicted molar refractivity (Wildman–Crippen MR) is 116 cm³/mol. The topological polar surface area (TPSA) is 87.9 Å². The molecule has 2 fully saturated rings. The second kappa shape index (κ2) is 8.32. The van der Waals surface area contributed by atoms with E-state index in [9.17, 15) is 8.42 Å². The van der Waals surface area contributed by atoms with Gasteiger partial charge in [-0.15, -0.1) is 0 Å². The minimum Gasteiger partial charge on any atom is -0.493 e. The summed E-state index contributed by atoms with van der Waals surface area (Å²) in [5.74, 6) is 2.45. The lowest BCUT2D eigenvalue weighted by Crippen LogP contribution is -2.46. The molecule has 0 bridgehead atoms. The van der Waals surface area contributed by atoms with Gasteiger partial charge in [0.25, 0.3) is 0 Å². The molecule has 168 valence electrons. The van der Waals surface area contributed by atoms with Crippen LogP contribution in [-0.4, -0.2) is 28.2 Å². The fourth-order valence-corrected chi connectivity index (χ4v) is 7.25. The van der Waals surface area contributed by atoms with E-state index >= 15 is 0 Å². The Morgan fingerprint density at radius 1 is 1.13 bits per heavy atom. The highest BCUT2D eigenvalue weighted by Gasteiger charge is 2.56. The van der Waals surface area contributed by atoms with Crippen molar-refractivity contribution in [2.24, 2.45) is 22.4 Å². The van der Waals surface area contributed by atoms with Crippen molar-refractivity contribution in [1.29, 1.82) is 0 Å². The quantitative estimate of drug-likeness (QED) is 0.686. The molecule has 7 heteroatoms. The summed E-state index contributed by atoms with van der Waals surface area (Å²) in [7, 11) is -2.56. The van der Waals surface area contributed by atoms with Gasteiger partial charge < -0.3 is 13.7 Å². The molecule has 3 aliphatic rings. The zero-order valence-corrected chi connectivity index (χ0v) is 19.2. The van der Waals surface area contributed by atoms with Crippen molar-refractivity contribution in [3.8, 4) is 11.5 Å². The molecule has 0 spiro atoms. The average Bonchev–Trinajstić information content (AvgIpc) is 3.09. The first kappa shape index (κ1) is 21.9. The molecule has 3 unspecified atom stereocenters. The van der Waals surface area contributed by atoms with E-state index in [4.69, 9.17) is 18.8 Å². The molecule has 0 radical (unpaired) electrons. The van der Waals surface area contributed by atoms with Crippen LogP contribution in [0.1, 0.15) is 75.8 Å². The van der Waals surface area contributed by atoms with Gasteiger partial charge in [-0.05, 0) is 97.8 Å². The van der Waals surface area contributed by atoms with Crippen molar-refractivity contribution in [3.63, 3.8) is 0 Å². The summed E-state index contributed by atoms with van der Waals surface area (Å²) in [4.78, 5) is 0. The van der Waals surface area contributed by atoms with E-state index in [1.165, 1.54) is 38.4 Å². The molecule has 0 amide bonds. The summed E-state index contributed by atoms with van der Waals surface area (Å²) >= 11 is 0. The minimum atomic E-state index is -4.09. The molecule has 1 aromatic rings. The molecule has 30 heavy (non-hydrogen) atoms. The lowest BCUT2D eigenvalue weighted by Gasteiger charge is -2.52. The van der Waals surface area contributed by atoms with E-state index in [1.807, 2.05) is 12.1 Å². The van der Waals surface area contributed by atoms with E-state index in [1.54, 1.807) is 0 Å². The van der Waals surface area contributed by atoms with Crippen LogP contribution in [0.3, 0.4) is 0 Å². The van der Waals surface area contributed by atoms with Crippen LogP contribution in [0.4, 0.5) is 0 Å². The van der Waals surface area contributed by atoms with Gasteiger partial charge in [0, 0.05) is 6.61 Å². The highest BCUT2D eigenvalue weighted by atomic mass is 32.2. The van der Waals surface area contributed by atoms with Crippen LogP contribution in [0.25, 0.3) is 0 Å². The highest BCUT2D eigenvalue weighted by molar-refractivity contribution is 7.84. The Morgan fingerprint density at radius 2 is 1.93 bits per heavy atom. The number of benzene rings is 1. The van der Waals surface area contributed by atoms with E-state index in [2.05, 4.69) is 13.8 Å². The minimum absolute atomic E-state index is 0.185. The third-order valence-electron chi connectivity index (χ3n) is 8.03. The van der Waals surface area contributed by atoms with Crippen molar-refractivity contribution in [2.75, 3.05) is 13.7 Å². The van der Waals surface area contributed by atoms with Crippen molar-refractivity contribution in [3.05, 3.63) is 23.3 Å². The van der Waals surface area contributed by atoms with Gasteiger partial charge in [0.05, 0.1) is 13.2 Å². The van der Waals surface area contributed by atoms with Crippen molar-refractivity contribution in [2.45, 2.75) is 77.2 Å². The molecule has 2 saturated carbocycles. The second-order valence-corrected chi connectivity index (χ2v) is 10.4. The van der Waals surface area contributed by atoms with Gasteiger partial charge in [0.2, 0.25) is 0 Å². The lowest BCUT2D eigenvalue weighted by molar-refractivity contribution is -0.0767. The molecule has 6 nitrogen and oxygen atoms in total. The molecule has 3 aliphatic carbocycles. The number of methoxy groups -OCH3 is 1. The number of ether oxygens (including phenoxy) is 2. The Morgan fingerprint density at radius 3 is 2.60 bits per heavy atom. The summed E-state index contributed by atoms with van der Waals surface area (Å²) < 4.78 is 39.7. The van der Waals surface area contributed by atoms with E-state index in [0.29, 0.717) is 35.0 Å². The largest absolute Gasteiger partial charge is 0.493 e. The zero-order valence-electron chi connectivity index (χ0n) is 18.4. The number of rotatable bonds is 7. The van der Waals surface area contributed by atoms with Gasteiger partial charge in [-0.3, -0.25) is 0 Å². The molecule has 5 atom stereocenters. The smallest absolute Gasteiger partial charge is 0.380 e. The average molecular weight is 438 g/mol. The van der Waals surface area contributed by atoms with Crippen LogP contribution in [0.15, 0.2) is 12.1 Å². The number of hydrogen-bond acceptors (Lipinski definition) is 5. The van der Waals surface area contributed by atoms with Gasteiger partial charge in [-0.2, -0.15) is 13.6 Å². The van der Waals surface area contributed by atoms with E-state index < -0.39 is 10.3 Å². The first-order valence-corrected chi connectivity index (χ1v) is 12.8. The molecule has 0 aromatic heterocycles. The molecule has 0 saturated heterocycles. The normalized spacial score (nSPS) is 32.8. The van der Waals surface area contributed by atoms with Crippen molar-refractivity contribution in [1.82, 2.24) is 0 Å². The molecule has 1 aromatic carbocycles. The number of fused-ring (bicyclic) bond motifs is 5. The van der Waals surface area contributed by atoms with Crippen LogP contribution in [0, 0.1) is 17.3 Å². The molecular formula is C23H35NO5S. The molecule has 0 aliphatic heterocycles. The Bertz CT molecular complexity index is 886. The maximum atomic E-state index is 11.5. The summed E-state index contributed by atoms with van der Waals surface area (Å²) in [6.45, 7) is 5.39. The number of hydrogen-bond donors (Lipinski definition) is 1. The van der Waals surface area contributed by atoms with Crippen LogP contribution < -0.4 is 14.1 Å². The third kappa shape index (κ3) is 3.73. The highest BCUT2D eigenvalue weighted by Crippen LogP contribution is 2.63. The van der Waals surface area contributed by atoms with E-state index in [0.717, 1.165) is 37.9 Å². The van der Waals surface area contributed by atoms with Crippen LogP contribution in [0.2, 0.25) is 0 Å². The standard InChI is InChI=1S/C23H35NO5S/c1-4-12-28-22-9-8-19-17-7-6-15-13-21(29-30(24,25)26)20(27-3)14-18(15)16(17)10-11-23(19,22)5-2/h13-14,16-17,19,22H,4-12H2,1-3H3,(H2,24,25,26)/t16?,17?,19?,22-,23-/m0/s1. The predicted octanol–water partition coefficient (Wildman–Crippen LogP) is 4.32. The fraction of sp³-hybridized carbons (Fsp3) is 0.739. The van der Waals surface area contributed by atoms with Crippen LogP contribution >= 0.6 is 0 Å². The summed E-state index contributed by atoms with van der Waals surface area (Å²) in [6, 6.07) is 3.81. The van der Waals surface area contributed by atoms with Crippen LogP contribution in [0.5, 0.6) is 11.5 Å². The fourth-order valence-electron chi connectivity index (χ4n) is 6.87. The molecular weight excluding hydrogens is 402 g/mol. The summed E-state index contributed by atoms with van der Waals surface area (Å²) in [5, 5.41) is 5.09. The molecule has 0 heterocycles. The zero-order chi connectivity index (χ0) is 21.5. The third-order valence-corrected chi connectivity index (χ3v) is 8.45. The van der Waals surface area contributed by atoms with Crippen molar-refractivity contribution >= 4 is 10.3 Å². The van der Waals surface area contributed by atoms with Gasteiger partial charge in [-0.1, -0.05) is 13.8 Å². The summed E-state index contributed by atoms with van der Waals surface area (Å²) in [6.07, 6.45) is 9.49. The van der Waals surface area contributed by atoms with Crippen LogP contribution in [-0.2, 0) is 21.5 Å².